The molecule has 108 valence electrons. The molecule has 0 saturated carbocycles. The van der Waals surface area contributed by atoms with E-state index in [-0.39, 0.29) is 0 Å². The van der Waals surface area contributed by atoms with Crippen LogP contribution in [0.1, 0.15) is 52.4 Å². The van der Waals surface area contributed by atoms with E-state index in [0.717, 1.165) is 39.1 Å². The Morgan fingerprint density at radius 2 is 1.72 bits per heavy atom. The highest BCUT2D eigenvalue weighted by Crippen LogP contribution is 2.04. The monoisotopic (exact) mass is 259 g/mol. The van der Waals surface area contributed by atoms with E-state index in [1.165, 1.54) is 25.8 Å². The third kappa shape index (κ3) is 11.9. The number of carboxylic acids is 1. The average Bonchev–Trinajstić information content (AvgIpc) is 2.40. The first kappa shape index (κ1) is 17.4. The van der Waals surface area contributed by atoms with E-state index in [2.05, 4.69) is 18.7 Å². The van der Waals surface area contributed by atoms with Crippen molar-refractivity contribution in [1.82, 2.24) is 4.90 Å². The van der Waals surface area contributed by atoms with E-state index < -0.39 is 5.97 Å². The molecule has 1 rings (SSSR count). The Morgan fingerprint density at radius 1 is 1.11 bits per heavy atom. The zero-order valence-electron chi connectivity index (χ0n) is 12.0. The summed E-state index contributed by atoms with van der Waals surface area (Å²) >= 11 is 0. The molecule has 18 heavy (non-hydrogen) atoms. The number of unbranched alkanes of at least 4 members (excludes halogenated alkanes) is 4. The Morgan fingerprint density at radius 3 is 2.17 bits per heavy atom. The fourth-order valence-corrected chi connectivity index (χ4v) is 1.80. The molecule has 1 heterocycles. The lowest BCUT2D eigenvalue weighted by Gasteiger charge is -2.24. The predicted molar refractivity (Wildman–Crippen MR) is 73.9 cm³/mol. The van der Waals surface area contributed by atoms with Crippen LogP contribution in [0.25, 0.3) is 0 Å². The molecule has 1 saturated heterocycles. The van der Waals surface area contributed by atoms with Gasteiger partial charge in [-0.05, 0) is 13.0 Å². The minimum absolute atomic E-state index is 0.337. The number of aliphatic carboxylic acids is 1. The number of ether oxygens (including phenoxy) is 1. The maximum Gasteiger partial charge on any atom is 0.303 e. The minimum atomic E-state index is -0.670. The lowest BCUT2D eigenvalue weighted by molar-refractivity contribution is -0.137. The highest BCUT2D eigenvalue weighted by molar-refractivity contribution is 5.66. The standard InChI is InChI=1S/C8H16O2.C6H13NO/c1-2-3-4-5-6-7-8(9)10;1-2-7-3-5-8-6-4-7/h2-7H2,1H3,(H,9,10);2-6H2,1H3. The molecule has 1 aliphatic heterocycles. The van der Waals surface area contributed by atoms with E-state index in [9.17, 15) is 4.79 Å². The van der Waals surface area contributed by atoms with Gasteiger partial charge >= 0.3 is 5.97 Å². The number of hydrogen-bond donors (Lipinski definition) is 1. The number of morpholine rings is 1. The summed E-state index contributed by atoms with van der Waals surface area (Å²) in [5.74, 6) is -0.670. The lowest BCUT2D eigenvalue weighted by atomic mass is 10.1. The Hall–Kier alpha value is -0.610. The SMILES string of the molecule is CCCCCCCC(=O)O.CCN1CCOCC1. The second kappa shape index (κ2) is 12.8. The summed E-state index contributed by atoms with van der Waals surface area (Å²) in [5.41, 5.74) is 0. The number of nitrogens with zero attached hydrogens (tertiary/aromatic N) is 1. The van der Waals surface area contributed by atoms with Gasteiger partial charge in [0.1, 0.15) is 0 Å². The molecule has 0 aromatic rings. The quantitative estimate of drug-likeness (QED) is 0.714. The summed E-state index contributed by atoms with van der Waals surface area (Å²) in [7, 11) is 0. The molecule has 0 amide bonds. The van der Waals surface area contributed by atoms with Crippen molar-refractivity contribution in [1.29, 1.82) is 0 Å². The molecule has 0 aliphatic carbocycles. The van der Waals surface area contributed by atoms with Crippen LogP contribution in [0.3, 0.4) is 0 Å². The summed E-state index contributed by atoms with van der Waals surface area (Å²) in [6, 6.07) is 0. The van der Waals surface area contributed by atoms with E-state index in [4.69, 9.17) is 9.84 Å². The fourth-order valence-electron chi connectivity index (χ4n) is 1.80. The van der Waals surface area contributed by atoms with Crippen LogP contribution in [0.4, 0.5) is 0 Å². The normalized spacial score (nSPS) is 15.9. The first-order valence-corrected chi connectivity index (χ1v) is 7.22. The second-order valence-electron chi connectivity index (χ2n) is 4.60. The zero-order chi connectivity index (χ0) is 13.6. The molecule has 1 fully saturated rings. The van der Waals surface area contributed by atoms with Crippen LogP contribution in [-0.4, -0.2) is 48.8 Å². The average molecular weight is 259 g/mol. The third-order valence-corrected chi connectivity index (χ3v) is 3.05. The van der Waals surface area contributed by atoms with Crippen molar-refractivity contribution < 1.29 is 14.6 Å². The van der Waals surface area contributed by atoms with Crippen LogP contribution in [0, 0.1) is 0 Å². The largest absolute Gasteiger partial charge is 0.481 e. The van der Waals surface area contributed by atoms with E-state index in [0.29, 0.717) is 6.42 Å². The van der Waals surface area contributed by atoms with Crippen LogP contribution in [0.15, 0.2) is 0 Å². The maximum absolute atomic E-state index is 10.0. The van der Waals surface area contributed by atoms with Crippen molar-refractivity contribution in [2.24, 2.45) is 0 Å². The highest BCUT2D eigenvalue weighted by Gasteiger charge is 2.05. The molecule has 4 heteroatoms. The summed E-state index contributed by atoms with van der Waals surface area (Å²) in [5, 5.41) is 8.27. The summed E-state index contributed by atoms with van der Waals surface area (Å²) in [4.78, 5) is 12.4. The number of carbonyl (C=O) groups is 1. The fraction of sp³-hybridized carbons (Fsp3) is 0.929. The van der Waals surface area contributed by atoms with E-state index >= 15 is 0 Å². The molecule has 0 aromatic carbocycles. The molecule has 0 unspecified atom stereocenters. The van der Waals surface area contributed by atoms with Crippen LogP contribution >= 0.6 is 0 Å². The summed E-state index contributed by atoms with van der Waals surface area (Å²) < 4.78 is 5.16. The summed E-state index contributed by atoms with van der Waals surface area (Å²) in [6.07, 6.45) is 5.88. The minimum Gasteiger partial charge on any atom is -0.481 e. The Labute approximate surface area is 111 Å². The van der Waals surface area contributed by atoms with Crippen molar-refractivity contribution in [3.63, 3.8) is 0 Å². The van der Waals surface area contributed by atoms with E-state index in [1.807, 2.05) is 0 Å². The van der Waals surface area contributed by atoms with Crippen molar-refractivity contribution in [3.05, 3.63) is 0 Å². The van der Waals surface area contributed by atoms with Crippen LogP contribution in [-0.2, 0) is 9.53 Å². The van der Waals surface area contributed by atoms with Crippen LogP contribution < -0.4 is 0 Å². The van der Waals surface area contributed by atoms with Crippen molar-refractivity contribution in [2.45, 2.75) is 52.4 Å². The van der Waals surface area contributed by atoms with Gasteiger partial charge in [0.2, 0.25) is 0 Å². The van der Waals surface area contributed by atoms with Gasteiger partial charge in [-0.1, -0.05) is 39.5 Å². The Kier molecular flexibility index (Phi) is 12.4. The molecule has 0 bridgehead atoms. The number of likely N-dealkylation sites (N-methyl/N-ethyl adjacent to an activating group) is 1. The molecule has 0 atom stereocenters. The molecular formula is C14H29NO3. The Balaban J connectivity index is 0.000000327. The molecule has 0 radical (unpaired) electrons. The van der Waals surface area contributed by atoms with Gasteiger partial charge in [0, 0.05) is 19.5 Å². The predicted octanol–water partition coefficient (Wildman–Crippen LogP) is 2.77. The molecule has 4 nitrogen and oxygen atoms in total. The first-order valence-electron chi connectivity index (χ1n) is 7.22. The Bertz CT molecular complexity index is 191. The van der Waals surface area contributed by atoms with Gasteiger partial charge in [0.25, 0.3) is 0 Å². The highest BCUT2D eigenvalue weighted by atomic mass is 16.5. The summed E-state index contributed by atoms with van der Waals surface area (Å²) in [6.45, 7) is 9.60. The van der Waals surface area contributed by atoms with Crippen LogP contribution in [0.2, 0.25) is 0 Å². The third-order valence-electron chi connectivity index (χ3n) is 3.05. The van der Waals surface area contributed by atoms with Gasteiger partial charge in [0.05, 0.1) is 13.2 Å². The van der Waals surface area contributed by atoms with Gasteiger partial charge in [0.15, 0.2) is 0 Å². The van der Waals surface area contributed by atoms with Gasteiger partial charge in [-0.3, -0.25) is 9.69 Å². The van der Waals surface area contributed by atoms with Crippen LogP contribution in [0.5, 0.6) is 0 Å². The second-order valence-corrected chi connectivity index (χ2v) is 4.60. The number of hydrogen-bond acceptors (Lipinski definition) is 3. The van der Waals surface area contributed by atoms with Crippen molar-refractivity contribution in [2.75, 3.05) is 32.8 Å². The van der Waals surface area contributed by atoms with Crippen molar-refractivity contribution >= 4 is 5.97 Å². The van der Waals surface area contributed by atoms with Gasteiger partial charge in [-0.2, -0.15) is 0 Å². The zero-order valence-corrected chi connectivity index (χ0v) is 12.0. The number of carboxylic acid groups (broad SMARTS) is 1. The topological polar surface area (TPSA) is 49.8 Å². The molecule has 1 N–H and O–H groups in total. The van der Waals surface area contributed by atoms with Gasteiger partial charge < -0.3 is 9.84 Å². The lowest BCUT2D eigenvalue weighted by Crippen LogP contribution is -2.35. The molecular weight excluding hydrogens is 230 g/mol. The maximum atomic E-state index is 10.0. The van der Waals surface area contributed by atoms with Crippen molar-refractivity contribution in [3.8, 4) is 0 Å². The molecule has 1 aliphatic rings. The molecule has 0 aromatic heterocycles. The number of rotatable bonds is 7. The van der Waals surface area contributed by atoms with Gasteiger partial charge in [-0.15, -0.1) is 0 Å². The molecule has 0 spiro atoms. The van der Waals surface area contributed by atoms with Gasteiger partial charge in [-0.25, -0.2) is 0 Å². The smallest absolute Gasteiger partial charge is 0.303 e. The van der Waals surface area contributed by atoms with E-state index in [1.54, 1.807) is 0 Å². The first-order chi connectivity index (χ1) is 8.70.